The van der Waals surface area contributed by atoms with Crippen LogP contribution in [0.15, 0.2) is 36.7 Å². The van der Waals surface area contributed by atoms with Crippen LogP contribution in [0.2, 0.25) is 0 Å². The van der Waals surface area contributed by atoms with Crippen molar-refractivity contribution in [1.82, 2.24) is 9.55 Å². The van der Waals surface area contributed by atoms with Gasteiger partial charge >= 0.3 is 0 Å². The molecule has 1 aromatic heterocycles. The molecule has 0 radical (unpaired) electrons. The van der Waals surface area contributed by atoms with E-state index in [4.69, 9.17) is 10.5 Å². The molecule has 0 amide bonds. The van der Waals surface area contributed by atoms with Crippen LogP contribution < -0.4 is 10.5 Å². The fourth-order valence-electron chi connectivity index (χ4n) is 1.46. The van der Waals surface area contributed by atoms with E-state index in [1.54, 1.807) is 6.20 Å². The molecule has 84 valence electrons. The Hall–Kier alpha value is -1.97. The van der Waals surface area contributed by atoms with Crippen molar-refractivity contribution < 1.29 is 4.74 Å². The number of hydrogen-bond acceptors (Lipinski definition) is 3. The molecule has 0 bridgehead atoms. The summed E-state index contributed by atoms with van der Waals surface area (Å²) < 4.78 is 7.57. The summed E-state index contributed by atoms with van der Waals surface area (Å²) in [5.74, 6) is 1.86. The van der Waals surface area contributed by atoms with Gasteiger partial charge in [-0.05, 0) is 24.3 Å². The Kier molecular flexibility index (Phi) is 3.10. The average Bonchev–Trinajstić information content (AvgIpc) is 2.68. The number of aromatic nitrogens is 2. The van der Waals surface area contributed by atoms with Crippen LogP contribution in [0.5, 0.6) is 5.75 Å². The second kappa shape index (κ2) is 4.70. The van der Waals surface area contributed by atoms with Crippen LogP contribution in [-0.4, -0.2) is 16.2 Å². The first-order chi connectivity index (χ1) is 7.75. The number of benzene rings is 1. The average molecular weight is 217 g/mol. The third-order valence-electron chi connectivity index (χ3n) is 2.40. The number of anilines is 1. The maximum absolute atomic E-state index is 5.58. The van der Waals surface area contributed by atoms with Crippen molar-refractivity contribution in [2.24, 2.45) is 7.05 Å². The maximum Gasteiger partial charge on any atom is 0.119 e. The Bertz CT molecular complexity index is 448. The molecule has 0 aliphatic carbocycles. The Morgan fingerprint density at radius 2 is 2.06 bits per heavy atom. The quantitative estimate of drug-likeness (QED) is 0.792. The minimum absolute atomic E-state index is 0.620. The first-order valence-electron chi connectivity index (χ1n) is 5.20. The van der Waals surface area contributed by atoms with E-state index in [1.165, 1.54) is 0 Å². The number of aryl methyl sites for hydroxylation is 1. The summed E-state index contributed by atoms with van der Waals surface area (Å²) in [5, 5.41) is 0. The van der Waals surface area contributed by atoms with Gasteiger partial charge in [0.15, 0.2) is 0 Å². The number of ether oxygens (including phenoxy) is 1. The van der Waals surface area contributed by atoms with E-state index in [1.807, 2.05) is 42.1 Å². The molecule has 2 N–H and O–H groups in total. The van der Waals surface area contributed by atoms with Crippen molar-refractivity contribution in [3.63, 3.8) is 0 Å². The SMILES string of the molecule is Cn1ccnc1CCOc1ccc(N)cc1. The molecule has 4 heteroatoms. The van der Waals surface area contributed by atoms with Crippen LogP contribution in [-0.2, 0) is 13.5 Å². The van der Waals surface area contributed by atoms with Crippen LogP contribution in [0.3, 0.4) is 0 Å². The lowest BCUT2D eigenvalue weighted by molar-refractivity contribution is 0.317. The molecule has 0 saturated carbocycles. The zero-order valence-electron chi connectivity index (χ0n) is 9.26. The lowest BCUT2D eigenvalue weighted by Crippen LogP contribution is -2.06. The smallest absolute Gasteiger partial charge is 0.119 e. The summed E-state index contributed by atoms with van der Waals surface area (Å²) in [4.78, 5) is 4.22. The first kappa shape index (κ1) is 10.5. The zero-order chi connectivity index (χ0) is 11.4. The summed E-state index contributed by atoms with van der Waals surface area (Å²) in [6.07, 6.45) is 4.52. The summed E-state index contributed by atoms with van der Waals surface area (Å²) in [5.41, 5.74) is 6.33. The highest BCUT2D eigenvalue weighted by atomic mass is 16.5. The van der Waals surface area contributed by atoms with Gasteiger partial charge in [0.2, 0.25) is 0 Å². The van der Waals surface area contributed by atoms with E-state index >= 15 is 0 Å². The molecular formula is C12H15N3O. The van der Waals surface area contributed by atoms with Gasteiger partial charge in [0.05, 0.1) is 6.61 Å². The van der Waals surface area contributed by atoms with Crippen LogP contribution in [0.4, 0.5) is 5.69 Å². The van der Waals surface area contributed by atoms with Crippen molar-refractivity contribution in [3.8, 4) is 5.75 Å². The molecule has 2 aromatic rings. The van der Waals surface area contributed by atoms with Gasteiger partial charge in [0.1, 0.15) is 11.6 Å². The summed E-state index contributed by atoms with van der Waals surface area (Å²) in [6, 6.07) is 7.40. The molecule has 0 aliphatic heterocycles. The molecule has 2 rings (SSSR count). The minimum Gasteiger partial charge on any atom is -0.493 e. The monoisotopic (exact) mass is 217 g/mol. The van der Waals surface area contributed by atoms with Crippen LogP contribution in [0.25, 0.3) is 0 Å². The molecule has 0 fully saturated rings. The van der Waals surface area contributed by atoms with E-state index in [0.717, 1.165) is 23.7 Å². The summed E-state index contributed by atoms with van der Waals surface area (Å²) in [7, 11) is 1.98. The summed E-state index contributed by atoms with van der Waals surface area (Å²) >= 11 is 0. The number of nitrogens with two attached hydrogens (primary N) is 1. The number of imidazole rings is 1. The van der Waals surface area contributed by atoms with Crippen molar-refractivity contribution >= 4 is 5.69 Å². The first-order valence-corrected chi connectivity index (χ1v) is 5.20. The Morgan fingerprint density at radius 1 is 1.31 bits per heavy atom. The highest BCUT2D eigenvalue weighted by Crippen LogP contribution is 2.13. The number of nitrogens with zero attached hydrogens (tertiary/aromatic N) is 2. The predicted molar refractivity (Wildman–Crippen MR) is 63.3 cm³/mol. The highest BCUT2D eigenvalue weighted by molar-refractivity contribution is 5.41. The standard InChI is InChI=1S/C12H15N3O/c1-15-8-7-14-12(15)6-9-16-11-4-2-10(13)3-5-11/h2-5,7-8H,6,9,13H2,1H3. The van der Waals surface area contributed by atoms with Gasteiger partial charge in [-0.2, -0.15) is 0 Å². The van der Waals surface area contributed by atoms with E-state index in [2.05, 4.69) is 4.98 Å². The lowest BCUT2D eigenvalue weighted by atomic mass is 10.3. The molecule has 0 atom stereocenters. The van der Waals surface area contributed by atoms with Crippen molar-refractivity contribution in [2.45, 2.75) is 6.42 Å². The minimum atomic E-state index is 0.620. The molecule has 0 spiro atoms. The van der Waals surface area contributed by atoms with E-state index < -0.39 is 0 Å². The van der Waals surface area contributed by atoms with E-state index in [-0.39, 0.29) is 0 Å². The zero-order valence-corrected chi connectivity index (χ0v) is 9.26. The Labute approximate surface area is 94.7 Å². The molecule has 0 unspecified atom stereocenters. The normalized spacial score (nSPS) is 10.3. The van der Waals surface area contributed by atoms with E-state index in [0.29, 0.717) is 6.61 Å². The van der Waals surface area contributed by atoms with Crippen LogP contribution in [0.1, 0.15) is 5.82 Å². The molecule has 0 saturated heterocycles. The van der Waals surface area contributed by atoms with Crippen molar-refractivity contribution in [1.29, 1.82) is 0 Å². The third-order valence-corrected chi connectivity index (χ3v) is 2.40. The summed E-state index contributed by atoms with van der Waals surface area (Å²) in [6.45, 7) is 0.620. The molecule has 16 heavy (non-hydrogen) atoms. The second-order valence-corrected chi connectivity index (χ2v) is 3.62. The molecular weight excluding hydrogens is 202 g/mol. The third kappa shape index (κ3) is 2.53. The van der Waals surface area contributed by atoms with Gasteiger partial charge in [-0.1, -0.05) is 0 Å². The highest BCUT2D eigenvalue weighted by Gasteiger charge is 1.99. The number of hydrogen-bond donors (Lipinski definition) is 1. The number of nitrogen functional groups attached to an aromatic ring is 1. The topological polar surface area (TPSA) is 53.1 Å². The van der Waals surface area contributed by atoms with Gasteiger partial charge in [-0.25, -0.2) is 4.98 Å². The van der Waals surface area contributed by atoms with Crippen molar-refractivity contribution in [3.05, 3.63) is 42.5 Å². The Balaban J connectivity index is 1.84. The molecule has 4 nitrogen and oxygen atoms in total. The lowest BCUT2D eigenvalue weighted by Gasteiger charge is -2.06. The largest absolute Gasteiger partial charge is 0.493 e. The van der Waals surface area contributed by atoms with Gasteiger partial charge in [0.25, 0.3) is 0 Å². The van der Waals surface area contributed by atoms with Gasteiger partial charge in [-0.15, -0.1) is 0 Å². The Morgan fingerprint density at radius 3 is 2.69 bits per heavy atom. The van der Waals surface area contributed by atoms with Gasteiger partial charge in [-0.3, -0.25) is 0 Å². The van der Waals surface area contributed by atoms with Gasteiger partial charge in [0, 0.05) is 31.5 Å². The molecule has 1 heterocycles. The van der Waals surface area contributed by atoms with Crippen LogP contribution in [0, 0.1) is 0 Å². The maximum atomic E-state index is 5.58. The van der Waals surface area contributed by atoms with Crippen molar-refractivity contribution in [2.75, 3.05) is 12.3 Å². The van der Waals surface area contributed by atoms with Gasteiger partial charge < -0.3 is 15.0 Å². The fraction of sp³-hybridized carbons (Fsp3) is 0.250. The molecule has 0 aliphatic rings. The predicted octanol–water partition coefficient (Wildman–Crippen LogP) is 1.62. The van der Waals surface area contributed by atoms with E-state index in [9.17, 15) is 0 Å². The fourth-order valence-corrected chi connectivity index (χ4v) is 1.46. The molecule has 1 aromatic carbocycles. The number of rotatable bonds is 4. The van der Waals surface area contributed by atoms with Crippen LogP contribution >= 0.6 is 0 Å². The second-order valence-electron chi connectivity index (χ2n) is 3.62.